The van der Waals surface area contributed by atoms with E-state index in [1.807, 2.05) is 12.1 Å². The molecule has 0 saturated heterocycles. The lowest BCUT2D eigenvalue weighted by atomic mass is 10.1. The van der Waals surface area contributed by atoms with Gasteiger partial charge >= 0.3 is 0 Å². The van der Waals surface area contributed by atoms with E-state index in [9.17, 15) is 5.11 Å². The highest BCUT2D eigenvalue weighted by Crippen LogP contribution is 2.31. The van der Waals surface area contributed by atoms with E-state index in [-0.39, 0.29) is 11.8 Å². The topological polar surface area (TPSA) is 41.5 Å². The molecule has 3 nitrogen and oxygen atoms in total. The lowest BCUT2D eigenvalue weighted by Gasteiger charge is -2.20. The summed E-state index contributed by atoms with van der Waals surface area (Å²) in [6.45, 7) is 4.48. The van der Waals surface area contributed by atoms with Crippen molar-refractivity contribution in [1.29, 1.82) is 0 Å². The highest BCUT2D eigenvalue weighted by Gasteiger charge is 2.22. The van der Waals surface area contributed by atoms with E-state index in [1.54, 1.807) is 13.2 Å². The second-order valence-electron chi connectivity index (χ2n) is 5.43. The third-order valence-corrected chi connectivity index (χ3v) is 3.88. The number of rotatable bonds is 4. The van der Waals surface area contributed by atoms with Crippen LogP contribution in [-0.2, 0) is 0 Å². The molecule has 18 heavy (non-hydrogen) atoms. The summed E-state index contributed by atoms with van der Waals surface area (Å²) >= 11 is 0. The molecule has 0 bridgehead atoms. The molecule has 3 unspecified atom stereocenters. The van der Waals surface area contributed by atoms with E-state index >= 15 is 0 Å². The summed E-state index contributed by atoms with van der Waals surface area (Å²) in [5, 5.41) is 13.2. The molecule has 1 aromatic carbocycles. The molecule has 1 aromatic rings. The Morgan fingerprint density at radius 3 is 2.78 bits per heavy atom. The minimum Gasteiger partial charge on any atom is -0.504 e. The lowest BCUT2D eigenvalue weighted by molar-refractivity contribution is 0.371. The van der Waals surface area contributed by atoms with Crippen molar-refractivity contribution in [2.24, 2.45) is 5.92 Å². The van der Waals surface area contributed by atoms with Gasteiger partial charge in [0.15, 0.2) is 11.5 Å². The zero-order valence-corrected chi connectivity index (χ0v) is 11.4. The monoisotopic (exact) mass is 249 g/mol. The number of methoxy groups -OCH3 is 1. The van der Waals surface area contributed by atoms with Crippen molar-refractivity contribution in [2.45, 2.75) is 45.2 Å². The van der Waals surface area contributed by atoms with Crippen LogP contribution in [0.1, 0.15) is 44.7 Å². The summed E-state index contributed by atoms with van der Waals surface area (Å²) in [5.41, 5.74) is 1.16. The van der Waals surface area contributed by atoms with Crippen LogP contribution in [0.4, 0.5) is 0 Å². The van der Waals surface area contributed by atoms with Crippen LogP contribution < -0.4 is 10.1 Å². The number of aromatic hydroxyl groups is 1. The molecule has 1 aliphatic rings. The number of benzene rings is 1. The van der Waals surface area contributed by atoms with E-state index in [1.165, 1.54) is 19.3 Å². The van der Waals surface area contributed by atoms with E-state index in [2.05, 4.69) is 19.2 Å². The Morgan fingerprint density at radius 1 is 1.39 bits per heavy atom. The fraction of sp³-hybridized carbons (Fsp3) is 0.600. The van der Waals surface area contributed by atoms with Crippen LogP contribution in [0.3, 0.4) is 0 Å². The predicted molar refractivity (Wildman–Crippen MR) is 73.0 cm³/mol. The van der Waals surface area contributed by atoms with Crippen LogP contribution in [0.5, 0.6) is 11.5 Å². The standard InChI is InChI=1S/C15H23NO2/c1-10-4-6-13(8-10)16-11(2)12-5-7-14(17)15(9-12)18-3/h5,7,9-11,13,16-17H,4,6,8H2,1-3H3. The summed E-state index contributed by atoms with van der Waals surface area (Å²) in [6.07, 6.45) is 3.85. The summed E-state index contributed by atoms with van der Waals surface area (Å²) < 4.78 is 5.15. The molecular weight excluding hydrogens is 226 g/mol. The predicted octanol–water partition coefficient (Wildman–Crippen LogP) is 3.24. The minimum atomic E-state index is 0.197. The summed E-state index contributed by atoms with van der Waals surface area (Å²) in [5.74, 6) is 1.58. The Labute approximate surface area is 109 Å². The van der Waals surface area contributed by atoms with Gasteiger partial charge in [-0.3, -0.25) is 0 Å². The fourth-order valence-corrected chi connectivity index (χ4v) is 2.77. The average Bonchev–Trinajstić information content (AvgIpc) is 2.75. The van der Waals surface area contributed by atoms with Gasteiger partial charge in [-0.25, -0.2) is 0 Å². The zero-order chi connectivity index (χ0) is 13.1. The van der Waals surface area contributed by atoms with Gasteiger partial charge in [-0.05, 0) is 49.8 Å². The van der Waals surface area contributed by atoms with Gasteiger partial charge in [0.1, 0.15) is 0 Å². The Hall–Kier alpha value is -1.22. The lowest BCUT2D eigenvalue weighted by Crippen LogP contribution is -2.29. The molecule has 1 fully saturated rings. The third-order valence-electron chi connectivity index (χ3n) is 3.88. The quantitative estimate of drug-likeness (QED) is 0.860. The molecule has 0 aromatic heterocycles. The number of hydrogen-bond donors (Lipinski definition) is 2. The smallest absolute Gasteiger partial charge is 0.160 e. The molecule has 0 radical (unpaired) electrons. The molecule has 3 heteroatoms. The first kappa shape index (κ1) is 13.2. The van der Waals surface area contributed by atoms with Gasteiger partial charge in [-0.15, -0.1) is 0 Å². The SMILES string of the molecule is COc1cc(C(C)NC2CCC(C)C2)ccc1O. The molecule has 0 amide bonds. The minimum absolute atomic E-state index is 0.197. The molecule has 100 valence electrons. The summed E-state index contributed by atoms with van der Waals surface area (Å²) in [6, 6.07) is 6.47. The van der Waals surface area contributed by atoms with Crippen molar-refractivity contribution >= 4 is 0 Å². The maximum Gasteiger partial charge on any atom is 0.160 e. The van der Waals surface area contributed by atoms with Gasteiger partial charge < -0.3 is 15.2 Å². The Bertz CT molecular complexity index is 405. The van der Waals surface area contributed by atoms with Gasteiger partial charge in [0.2, 0.25) is 0 Å². The van der Waals surface area contributed by atoms with E-state index in [0.717, 1.165) is 11.5 Å². The van der Waals surface area contributed by atoms with Crippen LogP contribution in [0.25, 0.3) is 0 Å². The highest BCUT2D eigenvalue weighted by atomic mass is 16.5. The molecule has 2 N–H and O–H groups in total. The largest absolute Gasteiger partial charge is 0.504 e. The maximum atomic E-state index is 9.59. The van der Waals surface area contributed by atoms with E-state index in [4.69, 9.17) is 4.74 Å². The normalized spacial score (nSPS) is 25.1. The van der Waals surface area contributed by atoms with Gasteiger partial charge in [0, 0.05) is 12.1 Å². The molecule has 1 aliphatic carbocycles. The second-order valence-corrected chi connectivity index (χ2v) is 5.43. The highest BCUT2D eigenvalue weighted by molar-refractivity contribution is 5.42. The van der Waals surface area contributed by atoms with Crippen molar-refractivity contribution in [2.75, 3.05) is 7.11 Å². The van der Waals surface area contributed by atoms with Crippen LogP contribution in [0, 0.1) is 5.92 Å². The first-order chi connectivity index (χ1) is 8.60. The Morgan fingerprint density at radius 2 is 2.17 bits per heavy atom. The molecule has 0 aliphatic heterocycles. The van der Waals surface area contributed by atoms with Crippen molar-refractivity contribution in [3.8, 4) is 11.5 Å². The average molecular weight is 249 g/mol. The third kappa shape index (κ3) is 2.96. The molecule has 0 heterocycles. The van der Waals surface area contributed by atoms with Gasteiger partial charge in [0.25, 0.3) is 0 Å². The number of phenols is 1. The number of phenolic OH excluding ortho intramolecular Hbond substituents is 1. The number of ether oxygens (including phenoxy) is 1. The fourth-order valence-electron chi connectivity index (χ4n) is 2.77. The van der Waals surface area contributed by atoms with Gasteiger partial charge in [0.05, 0.1) is 7.11 Å². The molecule has 2 rings (SSSR count). The first-order valence-electron chi connectivity index (χ1n) is 6.73. The van der Waals surface area contributed by atoms with Crippen molar-refractivity contribution in [1.82, 2.24) is 5.32 Å². The van der Waals surface area contributed by atoms with Crippen LogP contribution in [0.15, 0.2) is 18.2 Å². The Kier molecular flexibility index (Phi) is 4.12. The van der Waals surface area contributed by atoms with E-state index < -0.39 is 0 Å². The van der Waals surface area contributed by atoms with Crippen molar-refractivity contribution in [3.63, 3.8) is 0 Å². The van der Waals surface area contributed by atoms with Crippen LogP contribution in [-0.4, -0.2) is 18.3 Å². The molecule has 3 atom stereocenters. The number of hydrogen-bond acceptors (Lipinski definition) is 3. The second kappa shape index (κ2) is 5.61. The molecular formula is C15H23NO2. The molecule has 1 saturated carbocycles. The molecule has 0 spiro atoms. The maximum absolute atomic E-state index is 9.59. The van der Waals surface area contributed by atoms with Crippen molar-refractivity contribution in [3.05, 3.63) is 23.8 Å². The van der Waals surface area contributed by atoms with Crippen LogP contribution >= 0.6 is 0 Å². The van der Waals surface area contributed by atoms with Crippen LogP contribution in [0.2, 0.25) is 0 Å². The van der Waals surface area contributed by atoms with Crippen molar-refractivity contribution < 1.29 is 9.84 Å². The van der Waals surface area contributed by atoms with Gasteiger partial charge in [-0.1, -0.05) is 13.0 Å². The summed E-state index contributed by atoms with van der Waals surface area (Å²) in [4.78, 5) is 0. The Balaban J connectivity index is 2.02. The zero-order valence-electron chi connectivity index (χ0n) is 11.4. The van der Waals surface area contributed by atoms with E-state index in [0.29, 0.717) is 11.8 Å². The number of nitrogens with one attached hydrogen (secondary N) is 1. The first-order valence-corrected chi connectivity index (χ1v) is 6.73. The van der Waals surface area contributed by atoms with Gasteiger partial charge in [-0.2, -0.15) is 0 Å². The summed E-state index contributed by atoms with van der Waals surface area (Å²) in [7, 11) is 1.58.